The zero-order valence-electron chi connectivity index (χ0n) is 10.6. The van der Waals surface area contributed by atoms with Gasteiger partial charge in [-0.15, -0.1) is 0 Å². The smallest absolute Gasteiger partial charge is 0.322 e. The van der Waals surface area contributed by atoms with Crippen LogP contribution < -0.4 is 5.73 Å². The summed E-state index contributed by atoms with van der Waals surface area (Å²) < 4.78 is 18.0. The van der Waals surface area contributed by atoms with Crippen molar-refractivity contribution >= 4 is 17.7 Å². The number of halogens is 1. The second kappa shape index (κ2) is 7.77. The van der Waals surface area contributed by atoms with E-state index in [2.05, 4.69) is 4.74 Å². The Labute approximate surface area is 115 Å². The van der Waals surface area contributed by atoms with E-state index in [0.717, 1.165) is 0 Å². The highest BCUT2D eigenvalue weighted by Gasteiger charge is 2.13. The van der Waals surface area contributed by atoms with Gasteiger partial charge >= 0.3 is 5.97 Å². The number of methoxy groups -OCH3 is 1. The molecule has 0 fully saturated rings. The number of benzene rings is 1. The Bertz CT molecular complexity index is 488. The molecule has 0 aliphatic heterocycles. The first-order valence-electron chi connectivity index (χ1n) is 5.68. The molecular weight excluding hydrogens is 267 g/mol. The van der Waals surface area contributed by atoms with Crippen molar-refractivity contribution in [3.05, 3.63) is 35.1 Å². The molecule has 1 aromatic rings. The van der Waals surface area contributed by atoms with Crippen molar-refractivity contribution in [2.45, 2.75) is 18.2 Å². The van der Waals surface area contributed by atoms with Gasteiger partial charge in [0.15, 0.2) is 0 Å². The Morgan fingerprint density at radius 2 is 2.37 bits per heavy atom. The maximum absolute atomic E-state index is 13.5. The average molecular weight is 282 g/mol. The summed E-state index contributed by atoms with van der Waals surface area (Å²) in [6, 6.07) is 5.58. The fraction of sp³-hybridized carbons (Fsp3) is 0.385. The number of nitrogens with zero attached hydrogens (tertiary/aromatic N) is 1. The van der Waals surface area contributed by atoms with Gasteiger partial charge in [0.2, 0.25) is 0 Å². The summed E-state index contributed by atoms with van der Waals surface area (Å²) in [5, 5.41) is 8.74. The van der Waals surface area contributed by atoms with Crippen LogP contribution in [0.5, 0.6) is 0 Å². The van der Waals surface area contributed by atoms with Crippen LogP contribution in [0.15, 0.2) is 18.2 Å². The van der Waals surface area contributed by atoms with Crippen molar-refractivity contribution in [2.24, 2.45) is 5.73 Å². The Morgan fingerprint density at radius 3 is 3.00 bits per heavy atom. The maximum Gasteiger partial charge on any atom is 0.322 e. The molecule has 1 atom stereocenters. The lowest BCUT2D eigenvalue weighted by molar-refractivity contribution is -0.142. The average Bonchev–Trinajstić information content (AvgIpc) is 2.44. The fourth-order valence-electron chi connectivity index (χ4n) is 1.42. The molecule has 102 valence electrons. The first kappa shape index (κ1) is 15.5. The molecule has 1 unspecified atom stereocenters. The Balaban J connectivity index is 2.42. The van der Waals surface area contributed by atoms with E-state index in [1.54, 1.807) is 0 Å². The quantitative estimate of drug-likeness (QED) is 0.636. The molecule has 0 radical (unpaired) electrons. The number of carbonyl (C=O) groups excluding carboxylic acids is 1. The van der Waals surface area contributed by atoms with Crippen LogP contribution >= 0.6 is 11.8 Å². The van der Waals surface area contributed by atoms with Crippen LogP contribution in [0.25, 0.3) is 0 Å². The second-order valence-corrected chi connectivity index (χ2v) is 4.99. The number of esters is 1. The normalized spacial score (nSPS) is 11.7. The van der Waals surface area contributed by atoms with Crippen LogP contribution in [0.1, 0.15) is 17.5 Å². The first-order valence-corrected chi connectivity index (χ1v) is 6.83. The zero-order valence-corrected chi connectivity index (χ0v) is 11.4. The first-order chi connectivity index (χ1) is 9.08. The lowest BCUT2D eigenvalue weighted by Crippen LogP contribution is -2.31. The number of thioether (sulfide) groups is 1. The number of nitrogens with two attached hydrogens (primary N) is 1. The van der Waals surface area contributed by atoms with Gasteiger partial charge in [0.1, 0.15) is 11.9 Å². The molecule has 0 saturated carbocycles. The van der Waals surface area contributed by atoms with Gasteiger partial charge in [-0.3, -0.25) is 4.79 Å². The molecule has 4 nitrogen and oxygen atoms in total. The van der Waals surface area contributed by atoms with E-state index in [-0.39, 0.29) is 5.82 Å². The standard InChI is InChI=1S/C13H15FN2O2S/c1-18-13(17)12(16)4-5-19-8-10-6-9(7-15)2-3-11(10)14/h2-3,6,12H,4-5,8,16H2,1H3. The Kier molecular flexibility index (Phi) is 6.33. The number of ether oxygens (including phenoxy) is 1. The van der Waals surface area contributed by atoms with E-state index >= 15 is 0 Å². The van der Waals surface area contributed by atoms with Crippen LogP contribution in [0, 0.1) is 17.1 Å². The van der Waals surface area contributed by atoms with Crippen LogP contribution in [0.2, 0.25) is 0 Å². The molecule has 0 aliphatic carbocycles. The third kappa shape index (κ3) is 4.89. The van der Waals surface area contributed by atoms with Crippen LogP contribution in [-0.2, 0) is 15.3 Å². The summed E-state index contributed by atoms with van der Waals surface area (Å²) >= 11 is 1.46. The topological polar surface area (TPSA) is 76.1 Å². The SMILES string of the molecule is COC(=O)C(N)CCSCc1cc(C#N)ccc1F. The minimum atomic E-state index is -0.646. The molecule has 0 bridgehead atoms. The van der Waals surface area contributed by atoms with Gasteiger partial charge < -0.3 is 10.5 Å². The molecule has 1 rings (SSSR count). The number of carbonyl (C=O) groups is 1. The predicted molar refractivity (Wildman–Crippen MR) is 71.9 cm³/mol. The molecule has 0 amide bonds. The van der Waals surface area contributed by atoms with Gasteiger partial charge in [-0.05, 0) is 35.9 Å². The molecule has 6 heteroatoms. The third-order valence-corrected chi connectivity index (χ3v) is 3.55. The minimum absolute atomic E-state index is 0.330. The number of hydrogen-bond acceptors (Lipinski definition) is 5. The highest BCUT2D eigenvalue weighted by Crippen LogP contribution is 2.18. The van der Waals surface area contributed by atoms with Crippen molar-refractivity contribution in [1.29, 1.82) is 5.26 Å². The van der Waals surface area contributed by atoms with E-state index in [4.69, 9.17) is 11.0 Å². The molecule has 0 aliphatic rings. The summed E-state index contributed by atoms with van der Waals surface area (Å²) in [6.45, 7) is 0. The van der Waals surface area contributed by atoms with Crippen molar-refractivity contribution in [3.8, 4) is 6.07 Å². The highest BCUT2D eigenvalue weighted by atomic mass is 32.2. The van der Waals surface area contributed by atoms with Crippen molar-refractivity contribution < 1.29 is 13.9 Å². The van der Waals surface area contributed by atoms with Gasteiger partial charge in [-0.2, -0.15) is 17.0 Å². The lowest BCUT2D eigenvalue weighted by atomic mass is 10.1. The predicted octanol–water partition coefficient (Wildman–Crippen LogP) is 1.82. The van der Waals surface area contributed by atoms with E-state index in [1.165, 1.54) is 37.1 Å². The van der Waals surface area contributed by atoms with Gasteiger partial charge in [-0.1, -0.05) is 0 Å². The summed E-state index contributed by atoms with van der Waals surface area (Å²) in [4.78, 5) is 11.1. The van der Waals surface area contributed by atoms with E-state index < -0.39 is 12.0 Å². The lowest BCUT2D eigenvalue weighted by Gasteiger charge is -2.09. The molecule has 0 aromatic heterocycles. The van der Waals surface area contributed by atoms with E-state index in [1.807, 2.05) is 6.07 Å². The summed E-state index contributed by atoms with van der Waals surface area (Å²) in [7, 11) is 1.29. The summed E-state index contributed by atoms with van der Waals surface area (Å²) in [6.07, 6.45) is 0.469. The fourth-order valence-corrected chi connectivity index (χ4v) is 2.42. The van der Waals surface area contributed by atoms with E-state index in [9.17, 15) is 9.18 Å². The molecule has 0 saturated heterocycles. The minimum Gasteiger partial charge on any atom is -0.468 e. The monoisotopic (exact) mass is 282 g/mol. The summed E-state index contributed by atoms with van der Waals surface area (Å²) in [5.41, 5.74) is 6.49. The molecule has 19 heavy (non-hydrogen) atoms. The van der Waals surface area contributed by atoms with Crippen molar-refractivity contribution in [1.82, 2.24) is 0 Å². The molecule has 1 aromatic carbocycles. The van der Waals surface area contributed by atoms with Gasteiger partial charge in [0.25, 0.3) is 0 Å². The summed E-state index contributed by atoms with van der Waals surface area (Å²) in [5.74, 6) is 0.281. The Morgan fingerprint density at radius 1 is 1.63 bits per heavy atom. The highest BCUT2D eigenvalue weighted by molar-refractivity contribution is 7.98. The number of nitriles is 1. The van der Waals surface area contributed by atoms with Gasteiger partial charge in [0.05, 0.1) is 18.7 Å². The number of hydrogen-bond donors (Lipinski definition) is 1. The van der Waals surface area contributed by atoms with Gasteiger partial charge in [0, 0.05) is 5.75 Å². The number of rotatable bonds is 6. The third-order valence-electron chi connectivity index (χ3n) is 2.51. The van der Waals surface area contributed by atoms with Gasteiger partial charge in [-0.25, -0.2) is 4.39 Å². The van der Waals surface area contributed by atoms with Crippen LogP contribution in [0.3, 0.4) is 0 Å². The molecule has 0 heterocycles. The molecular formula is C13H15FN2O2S. The maximum atomic E-state index is 13.5. The zero-order chi connectivity index (χ0) is 14.3. The van der Waals surface area contributed by atoms with E-state index in [0.29, 0.717) is 29.1 Å². The van der Waals surface area contributed by atoms with Crippen molar-refractivity contribution in [2.75, 3.05) is 12.9 Å². The van der Waals surface area contributed by atoms with Crippen LogP contribution in [-0.4, -0.2) is 24.9 Å². The van der Waals surface area contributed by atoms with Crippen molar-refractivity contribution in [3.63, 3.8) is 0 Å². The molecule has 2 N–H and O–H groups in total. The Hall–Kier alpha value is -1.58. The second-order valence-electron chi connectivity index (χ2n) is 3.89. The largest absolute Gasteiger partial charge is 0.468 e. The molecule has 0 spiro atoms. The van der Waals surface area contributed by atoms with Crippen LogP contribution in [0.4, 0.5) is 4.39 Å².